The number of benzene rings is 1. The maximum atomic E-state index is 12.7. The van der Waals surface area contributed by atoms with Crippen LogP contribution in [-0.4, -0.2) is 39.7 Å². The van der Waals surface area contributed by atoms with Gasteiger partial charge in [0, 0.05) is 30.9 Å². The van der Waals surface area contributed by atoms with Crippen molar-refractivity contribution in [2.45, 2.75) is 32.2 Å². The van der Waals surface area contributed by atoms with Crippen LogP contribution >= 0.6 is 0 Å². The molecular formula is C17H22N4O. The molecule has 3 rings (SSSR count). The van der Waals surface area contributed by atoms with Gasteiger partial charge in [0.1, 0.15) is 0 Å². The predicted molar refractivity (Wildman–Crippen MR) is 86.0 cm³/mol. The second-order valence-electron chi connectivity index (χ2n) is 5.89. The summed E-state index contributed by atoms with van der Waals surface area (Å²) in [5, 5.41) is 4.28. The summed E-state index contributed by atoms with van der Waals surface area (Å²) in [5.41, 5.74) is 8.59. The molecule has 5 nitrogen and oxygen atoms in total. The molecule has 1 fully saturated rings. The summed E-state index contributed by atoms with van der Waals surface area (Å²) >= 11 is 0. The molecule has 1 aliphatic rings. The fourth-order valence-electron chi connectivity index (χ4n) is 2.99. The molecule has 116 valence electrons. The molecule has 0 aliphatic carbocycles. The number of hydrogen-bond acceptors (Lipinski definition) is 3. The van der Waals surface area contributed by atoms with Crippen LogP contribution < -0.4 is 5.73 Å². The van der Waals surface area contributed by atoms with Crippen molar-refractivity contribution >= 4 is 5.91 Å². The van der Waals surface area contributed by atoms with Crippen LogP contribution in [0.4, 0.5) is 0 Å². The summed E-state index contributed by atoms with van der Waals surface area (Å²) in [7, 11) is 0. The zero-order valence-corrected chi connectivity index (χ0v) is 12.9. The summed E-state index contributed by atoms with van der Waals surface area (Å²) < 4.78 is 1.81. The Labute approximate surface area is 130 Å². The normalized spacial score (nSPS) is 18.5. The zero-order valence-electron chi connectivity index (χ0n) is 12.9. The predicted octanol–water partition coefficient (Wildman–Crippen LogP) is 2.13. The van der Waals surface area contributed by atoms with Crippen LogP contribution in [0.1, 0.15) is 35.2 Å². The van der Waals surface area contributed by atoms with Gasteiger partial charge in [0.25, 0.3) is 5.91 Å². The second kappa shape index (κ2) is 6.32. The van der Waals surface area contributed by atoms with E-state index >= 15 is 0 Å². The largest absolute Gasteiger partial charge is 0.334 e. The SMILES string of the molecule is Cc1cnn(-c2ccc(C(=O)N3CCCCC3CN)cc2)c1. The lowest BCUT2D eigenvalue weighted by Gasteiger charge is -2.35. The number of carbonyl (C=O) groups is 1. The first kappa shape index (κ1) is 14.8. The number of amides is 1. The van der Waals surface area contributed by atoms with E-state index in [-0.39, 0.29) is 11.9 Å². The van der Waals surface area contributed by atoms with Crippen molar-refractivity contribution in [1.29, 1.82) is 0 Å². The number of likely N-dealkylation sites (tertiary alicyclic amines) is 1. The summed E-state index contributed by atoms with van der Waals surface area (Å²) in [6.07, 6.45) is 7.01. The number of nitrogens with two attached hydrogens (primary N) is 1. The Balaban J connectivity index is 1.78. The molecule has 0 radical (unpaired) electrons. The molecule has 22 heavy (non-hydrogen) atoms. The van der Waals surface area contributed by atoms with Crippen molar-refractivity contribution in [3.63, 3.8) is 0 Å². The molecule has 0 spiro atoms. The van der Waals surface area contributed by atoms with Gasteiger partial charge in [-0.1, -0.05) is 0 Å². The van der Waals surface area contributed by atoms with Crippen molar-refractivity contribution in [2.24, 2.45) is 5.73 Å². The van der Waals surface area contributed by atoms with Crippen molar-refractivity contribution < 1.29 is 4.79 Å². The fourth-order valence-corrected chi connectivity index (χ4v) is 2.99. The van der Waals surface area contributed by atoms with Gasteiger partial charge in [-0.15, -0.1) is 0 Å². The molecule has 1 atom stereocenters. The maximum absolute atomic E-state index is 12.7. The van der Waals surface area contributed by atoms with Crippen molar-refractivity contribution in [3.8, 4) is 5.69 Å². The lowest BCUT2D eigenvalue weighted by atomic mass is 10.0. The van der Waals surface area contributed by atoms with Gasteiger partial charge < -0.3 is 10.6 Å². The number of rotatable bonds is 3. The highest BCUT2D eigenvalue weighted by Gasteiger charge is 2.26. The van der Waals surface area contributed by atoms with Crippen molar-refractivity contribution in [2.75, 3.05) is 13.1 Å². The summed E-state index contributed by atoms with van der Waals surface area (Å²) in [4.78, 5) is 14.6. The van der Waals surface area contributed by atoms with Gasteiger partial charge in [0.15, 0.2) is 0 Å². The lowest BCUT2D eigenvalue weighted by molar-refractivity contribution is 0.0623. The van der Waals surface area contributed by atoms with Gasteiger partial charge in [0.05, 0.1) is 11.9 Å². The number of hydrogen-bond donors (Lipinski definition) is 1. The van der Waals surface area contributed by atoms with Crippen LogP contribution in [0, 0.1) is 6.92 Å². The third-order valence-corrected chi connectivity index (χ3v) is 4.25. The summed E-state index contributed by atoms with van der Waals surface area (Å²) in [6, 6.07) is 7.78. The Hall–Kier alpha value is -2.14. The van der Waals surface area contributed by atoms with Crippen molar-refractivity contribution in [1.82, 2.24) is 14.7 Å². The van der Waals surface area contributed by atoms with Crippen LogP contribution in [0.3, 0.4) is 0 Å². The molecule has 1 aliphatic heterocycles. The molecule has 1 aromatic carbocycles. The highest BCUT2D eigenvalue weighted by atomic mass is 16.2. The molecule has 1 aromatic heterocycles. The Bertz CT molecular complexity index is 647. The number of piperidine rings is 1. The van der Waals surface area contributed by atoms with E-state index in [1.54, 1.807) is 0 Å². The Morgan fingerprint density at radius 2 is 2.09 bits per heavy atom. The smallest absolute Gasteiger partial charge is 0.254 e. The first-order valence-corrected chi connectivity index (χ1v) is 7.82. The topological polar surface area (TPSA) is 64.2 Å². The third kappa shape index (κ3) is 2.90. The zero-order chi connectivity index (χ0) is 15.5. The minimum atomic E-state index is 0.0818. The fraction of sp³-hybridized carbons (Fsp3) is 0.412. The maximum Gasteiger partial charge on any atom is 0.254 e. The van der Waals surface area contributed by atoms with Crippen LogP contribution in [0.25, 0.3) is 5.69 Å². The molecule has 1 saturated heterocycles. The minimum Gasteiger partial charge on any atom is -0.334 e. The molecule has 1 unspecified atom stereocenters. The minimum absolute atomic E-state index is 0.0818. The molecule has 2 heterocycles. The molecule has 2 N–H and O–H groups in total. The molecule has 0 bridgehead atoms. The number of aromatic nitrogens is 2. The van der Waals surface area contributed by atoms with E-state index in [0.717, 1.165) is 37.1 Å². The standard InChI is InChI=1S/C17H22N4O/c1-13-11-19-21(12-13)15-7-5-14(6-8-15)17(22)20-9-3-2-4-16(20)10-18/h5-8,11-12,16H,2-4,9-10,18H2,1H3. The van der Waals surface area contributed by atoms with E-state index < -0.39 is 0 Å². The molecule has 5 heteroatoms. The van der Waals surface area contributed by atoms with Gasteiger partial charge >= 0.3 is 0 Å². The van der Waals surface area contributed by atoms with Crippen LogP contribution in [-0.2, 0) is 0 Å². The molecular weight excluding hydrogens is 276 g/mol. The molecule has 0 saturated carbocycles. The average molecular weight is 298 g/mol. The highest BCUT2D eigenvalue weighted by molar-refractivity contribution is 5.94. The first-order chi connectivity index (χ1) is 10.7. The Morgan fingerprint density at radius 1 is 1.32 bits per heavy atom. The van der Waals surface area contributed by atoms with Crippen molar-refractivity contribution in [3.05, 3.63) is 47.8 Å². The molecule has 1 amide bonds. The van der Waals surface area contributed by atoms with Crippen LogP contribution in [0.15, 0.2) is 36.7 Å². The van der Waals surface area contributed by atoms with Gasteiger partial charge in [-0.3, -0.25) is 4.79 Å². The molecule has 2 aromatic rings. The van der Waals surface area contributed by atoms with E-state index in [0.29, 0.717) is 12.1 Å². The highest BCUT2D eigenvalue weighted by Crippen LogP contribution is 2.20. The van der Waals surface area contributed by atoms with E-state index in [1.165, 1.54) is 0 Å². The third-order valence-electron chi connectivity index (χ3n) is 4.25. The monoisotopic (exact) mass is 298 g/mol. The van der Waals surface area contributed by atoms with Gasteiger partial charge in [-0.2, -0.15) is 5.10 Å². The Kier molecular flexibility index (Phi) is 4.24. The number of aryl methyl sites for hydroxylation is 1. The van der Waals surface area contributed by atoms with E-state index in [9.17, 15) is 4.79 Å². The van der Waals surface area contributed by atoms with E-state index in [1.807, 2.05) is 53.2 Å². The lowest BCUT2D eigenvalue weighted by Crippen LogP contribution is -2.47. The van der Waals surface area contributed by atoms with Crippen LogP contribution in [0.2, 0.25) is 0 Å². The quantitative estimate of drug-likeness (QED) is 0.944. The second-order valence-corrected chi connectivity index (χ2v) is 5.89. The van der Waals surface area contributed by atoms with Gasteiger partial charge in [-0.05, 0) is 56.0 Å². The van der Waals surface area contributed by atoms with Crippen LogP contribution in [0.5, 0.6) is 0 Å². The number of nitrogens with zero attached hydrogens (tertiary/aromatic N) is 3. The average Bonchev–Trinajstić information content (AvgIpc) is 3.01. The van der Waals surface area contributed by atoms with E-state index in [4.69, 9.17) is 5.73 Å². The van der Waals surface area contributed by atoms with Gasteiger partial charge in [-0.25, -0.2) is 4.68 Å². The van der Waals surface area contributed by atoms with Gasteiger partial charge in [0.2, 0.25) is 0 Å². The first-order valence-electron chi connectivity index (χ1n) is 7.82. The summed E-state index contributed by atoms with van der Waals surface area (Å²) in [5.74, 6) is 0.0818. The summed E-state index contributed by atoms with van der Waals surface area (Å²) in [6.45, 7) is 3.35. The number of carbonyl (C=O) groups excluding carboxylic acids is 1. The Morgan fingerprint density at radius 3 is 2.73 bits per heavy atom. The van der Waals surface area contributed by atoms with E-state index in [2.05, 4.69) is 5.10 Å².